The minimum Gasteiger partial charge on any atom is -0.467 e. The Morgan fingerprint density at radius 1 is 1.00 bits per heavy atom. The predicted molar refractivity (Wildman–Crippen MR) is 164 cm³/mol. The zero-order valence-corrected chi connectivity index (χ0v) is 24.7. The highest BCUT2D eigenvalue weighted by Crippen LogP contribution is 2.37. The van der Waals surface area contributed by atoms with Crippen molar-refractivity contribution in [1.29, 1.82) is 0 Å². The van der Waals surface area contributed by atoms with Crippen molar-refractivity contribution in [2.45, 2.75) is 63.0 Å². The summed E-state index contributed by atoms with van der Waals surface area (Å²) < 4.78 is 39.5. The van der Waals surface area contributed by atoms with Crippen molar-refractivity contribution < 1.29 is 18.3 Å². The number of piperazine rings is 1. The van der Waals surface area contributed by atoms with E-state index in [9.17, 15) is 4.39 Å². The molecule has 0 spiro atoms. The second-order valence-corrected chi connectivity index (χ2v) is 12.1. The van der Waals surface area contributed by atoms with Crippen molar-refractivity contribution in [3.05, 3.63) is 54.0 Å². The Balaban J connectivity index is 0.000000283. The minimum absolute atomic E-state index is 0.155. The summed E-state index contributed by atoms with van der Waals surface area (Å²) in [5, 5.41) is 6.16. The van der Waals surface area contributed by atoms with Crippen LogP contribution in [-0.4, -0.2) is 84.5 Å². The monoisotopic (exact) mass is 588 g/mol. The van der Waals surface area contributed by atoms with E-state index in [1.54, 1.807) is 13.3 Å². The highest BCUT2D eigenvalue weighted by molar-refractivity contribution is 6.00. The summed E-state index contributed by atoms with van der Waals surface area (Å²) in [6.45, 7) is 3.92. The molecule has 8 nitrogen and oxygen atoms in total. The van der Waals surface area contributed by atoms with Crippen LogP contribution in [0.3, 0.4) is 0 Å². The number of anilines is 1. The molecule has 2 bridgehead atoms. The molecule has 4 aromatic rings. The molecule has 4 atom stereocenters. The second-order valence-electron chi connectivity index (χ2n) is 12.1. The first kappa shape index (κ1) is 28.3. The number of alkyl halides is 1. The van der Waals surface area contributed by atoms with E-state index in [1.165, 1.54) is 20.0 Å². The summed E-state index contributed by atoms with van der Waals surface area (Å²) in [5.41, 5.74) is 2.17. The van der Waals surface area contributed by atoms with Gasteiger partial charge in [-0.1, -0.05) is 36.4 Å². The molecule has 2 aromatic carbocycles. The van der Waals surface area contributed by atoms with E-state index in [0.29, 0.717) is 48.0 Å². The summed E-state index contributed by atoms with van der Waals surface area (Å²) in [7, 11) is 3.16. The van der Waals surface area contributed by atoms with Crippen molar-refractivity contribution in [3.63, 3.8) is 0 Å². The van der Waals surface area contributed by atoms with Gasteiger partial charge in [0.15, 0.2) is 5.82 Å². The number of methoxy groups -OCH3 is 2. The molecule has 10 heteroatoms. The van der Waals surface area contributed by atoms with Crippen LogP contribution in [0.2, 0.25) is 0 Å². The molecule has 43 heavy (non-hydrogen) atoms. The molecule has 2 aromatic heterocycles. The van der Waals surface area contributed by atoms with E-state index in [4.69, 9.17) is 9.47 Å². The van der Waals surface area contributed by atoms with Gasteiger partial charge < -0.3 is 19.7 Å². The maximum absolute atomic E-state index is 16.2. The summed E-state index contributed by atoms with van der Waals surface area (Å²) in [6.07, 6.45) is 6.80. The SMILES string of the molecule is COCc1cccc2cccc(-c3ncc4c(N5CC6CCC(C5)N6)nc(OC)nc4c3F)c12.FC1CC2CCCN2C1. The molecule has 1 N–H and O–H groups in total. The van der Waals surface area contributed by atoms with Gasteiger partial charge in [-0.15, -0.1) is 0 Å². The first-order valence-electron chi connectivity index (χ1n) is 15.3. The molecule has 8 rings (SSSR count). The lowest BCUT2D eigenvalue weighted by Crippen LogP contribution is -2.51. The largest absolute Gasteiger partial charge is 0.467 e. The normalized spacial score (nSPS) is 24.8. The maximum Gasteiger partial charge on any atom is 0.318 e. The van der Waals surface area contributed by atoms with Crippen molar-refractivity contribution >= 4 is 27.5 Å². The van der Waals surface area contributed by atoms with Gasteiger partial charge in [0.25, 0.3) is 0 Å². The summed E-state index contributed by atoms with van der Waals surface area (Å²) >= 11 is 0. The number of pyridine rings is 1. The number of nitrogens with zero attached hydrogens (tertiary/aromatic N) is 5. The number of ether oxygens (including phenoxy) is 2. The molecule has 0 saturated carbocycles. The van der Waals surface area contributed by atoms with Crippen LogP contribution in [0.15, 0.2) is 42.6 Å². The maximum atomic E-state index is 16.2. The molecule has 4 aliphatic heterocycles. The van der Waals surface area contributed by atoms with Crippen molar-refractivity contribution in [2.24, 2.45) is 0 Å². The van der Waals surface area contributed by atoms with Crippen LogP contribution in [0, 0.1) is 5.82 Å². The molecular formula is C33H38F2N6O2. The van der Waals surface area contributed by atoms with E-state index < -0.39 is 12.0 Å². The zero-order chi connectivity index (χ0) is 29.5. The lowest BCUT2D eigenvalue weighted by molar-refractivity contribution is 0.186. The first-order valence-corrected chi connectivity index (χ1v) is 15.3. The van der Waals surface area contributed by atoms with Gasteiger partial charge in [0, 0.05) is 56.6 Å². The number of aromatic nitrogens is 3. The van der Waals surface area contributed by atoms with Gasteiger partial charge in [-0.05, 0) is 55.0 Å². The minimum atomic E-state index is -0.518. The van der Waals surface area contributed by atoms with Gasteiger partial charge in [0.05, 0.1) is 19.1 Å². The number of hydrogen-bond acceptors (Lipinski definition) is 8. The third-order valence-electron chi connectivity index (χ3n) is 9.35. The van der Waals surface area contributed by atoms with Gasteiger partial charge in [0.2, 0.25) is 0 Å². The topological polar surface area (TPSA) is 75.6 Å². The number of nitrogens with one attached hydrogen (secondary N) is 1. The fourth-order valence-corrected chi connectivity index (χ4v) is 7.43. The van der Waals surface area contributed by atoms with E-state index in [2.05, 4.69) is 30.1 Å². The average Bonchev–Trinajstić information content (AvgIpc) is 3.71. The van der Waals surface area contributed by atoms with Crippen molar-refractivity contribution in [2.75, 3.05) is 45.3 Å². The Hall–Kier alpha value is -3.47. The molecule has 4 saturated heterocycles. The smallest absolute Gasteiger partial charge is 0.318 e. The average molecular weight is 589 g/mol. The third-order valence-corrected chi connectivity index (χ3v) is 9.35. The predicted octanol–water partition coefficient (Wildman–Crippen LogP) is 5.27. The molecule has 0 amide bonds. The van der Waals surface area contributed by atoms with Crippen LogP contribution >= 0.6 is 0 Å². The zero-order valence-electron chi connectivity index (χ0n) is 24.7. The van der Waals surface area contributed by atoms with Crippen LogP contribution in [0.4, 0.5) is 14.6 Å². The molecule has 4 unspecified atom stereocenters. The van der Waals surface area contributed by atoms with E-state index >= 15 is 4.39 Å². The van der Waals surface area contributed by atoms with Crippen LogP contribution in [0.5, 0.6) is 6.01 Å². The van der Waals surface area contributed by atoms with E-state index in [0.717, 1.165) is 55.2 Å². The Bertz CT molecular complexity index is 1610. The van der Waals surface area contributed by atoms with E-state index in [-0.39, 0.29) is 17.2 Å². The molecule has 6 heterocycles. The number of fused-ring (bicyclic) bond motifs is 5. The van der Waals surface area contributed by atoms with Gasteiger partial charge in [-0.2, -0.15) is 9.97 Å². The highest BCUT2D eigenvalue weighted by atomic mass is 19.1. The fraction of sp³-hybridized carbons (Fsp3) is 0.485. The molecular weight excluding hydrogens is 550 g/mol. The van der Waals surface area contributed by atoms with Crippen LogP contribution < -0.4 is 15.0 Å². The van der Waals surface area contributed by atoms with Crippen LogP contribution in [-0.2, 0) is 11.3 Å². The third kappa shape index (κ3) is 5.41. The summed E-state index contributed by atoms with van der Waals surface area (Å²) in [4.78, 5) is 18.1. The fourth-order valence-electron chi connectivity index (χ4n) is 7.43. The number of rotatable bonds is 5. The second kappa shape index (κ2) is 11.9. The first-order chi connectivity index (χ1) is 21.0. The molecule has 4 aliphatic rings. The van der Waals surface area contributed by atoms with Crippen LogP contribution in [0.1, 0.15) is 37.7 Å². The Labute approximate surface area is 250 Å². The number of benzene rings is 2. The molecule has 226 valence electrons. The molecule has 0 aliphatic carbocycles. The lowest BCUT2D eigenvalue weighted by Gasteiger charge is -2.34. The van der Waals surface area contributed by atoms with Crippen LogP contribution in [0.25, 0.3) is 32.9 Å². The van der Waals surface area contributed by atoms with Gasteiger partial charge in [-0.25, -0.2) is 8.78 Å². The summed E-state index contributed by atoms with van der Waals surface area (Å²) in [6, 6.07) is 13.4. The van der Waals surface area contributed by atoms with Gasteiger partial charge in [-0.3, -0.25) is 9.88 Å². The van der Waals surface area contributed by atoms with Gasteiger partial charge in [0.1, 0.15) is 23.2 Å². The molecule has 0 radical (unpaired) electrons. The van der Waals surface area contributed by atoms with Gasteiger partial charge >= 0.3 is 6.01 Å². The Morgan fingerprint density at radius 2 is 1.79 bits per heavy atom. The van der Waals surface area contributed by atoms with Crippen molar-refractivity contribution in [1.82, 2.24) is 25.2 Å². The van der Waals surface area contributed by atoms with E-state index in [1.807, 2.05) is 36.4 Å². The lowest BCUT2D eigenvalue weighted by atomic mass is 9.96. The quantitative estimate of drug-likeness (QED) is 0.338. The number of halogens is 2. The molecule has 4 fully saturated rings. The Morgan fingerprint density at radius 3 is 2.53 bits per heavy atom. The van der Waals surface area contributed by atoms with Crippen molar-refractivity contribution in [3.8, 4) is 17.3 Å². The number of hydrogen-bond donors (Lipinski definition) is 1. The Kier molecular flexibility index (Phi) is 7.83. The summed E-state index contributed by atoms with van der Waals surface area (Å²) in [5.74, 6) is 0.202. The standard InChI is InChI=1S/C26H26FN5O2.C7H12FN/c1-33-14-16-7-3-5-15-6-4-8-19(21(15)16)23-22(27)24-20(11-28-23)25(31-26(30-24)34-2)32-12-17-9-10-18(13-32)29-17;8-6-4-7-2-1-3-9(7)5-6/h3-8,11,17-18,29H,9-10,12-14H2,1-2H3;6-7H,1-5H2. The highest BCUT2D eigenvalue weighted by Gasteiger charge is 2.35.